The third-order valence-electron chi connectivity index (χ3n) is 6.58. The summed E-state index contributed by atoms with van der Waals surface area (Å²) in [7, 11) is 0. The van der Waals surface area contributed by atoms with Crippen LogP contribution < -0.4 is 4.90 Å². The number of aliphatic imine (C=N–C) groups is 1. The van der Waals surface area contributed by atoms with E-state index in [0.717, 1.165) is 50.1 Å². The normalized spacial score (nSPS) is 19.2. The molecule has 7 nitrogen and oxygen atoms in total. The number of nitro groups is 1. The number of para-hydroxylation sites is 1. The van der Waals surface area contributed by atoms with Gasteiger partial charge in [0.2, 0.25) is 0 Å². The van der Waals surface area contributed by atoms with Gasteiger partial charge < -0.3 is 4.90 Å². The smallest absolute Gasteiger partial charge is 0.269 e. The summed E-state index contributed by atoms with van der Waals surface area (Å²) in [4.78, 5) is 34.9. The van der Waals surface area contributed by atoms with E-state index >= 15 is 0 Å². The number of likely N-dealkylation sites (N-methyl/N-ethyl adjacent to an activating group) is 1. The second kappa shape index (κ2) is 8.83. The fraction of sp³-hybridized carbons (Fsp3) is 0.185. The van der Waals surface area contributed by atoms with Gasteiger partial charge in [0.05, 0.1) is 16.3 Å². The lowest BCUT2D eigenvalue weighted by atomic mass is 10.1. The fourth-order valence-corrected chi connectivity index (χ4v) is 7.35. The molecule has 0 radical (unpaired) electrons. The molecule has 36 heavy (non-hydrogen) atoms. The molecule has 9 heteroatoms. The average Bonchev–Trinajstić information content (AvgIpc) is 3.53. The SMILES string of the molecule is CCN1C(=O)/C(=C2/Sc3ccccc3N2CC)SC1=Nc1ccc2c(c1)Cc1cc([N+](=O)[O-])ccc1-2. The molecule has 1 amide bonds. The second-order valence-electron chi connectivity index (χ2n) is 8.61. The van der Waals surface area contributed by atoms with Crippen LogP contribution in [0.2, 0.25) is 0 Å². The Hall–Kier alpha value is -3.56. The first-order chi connectivity index (χ1) is 17.5. The van der Waals surface area contributed by atoms with Crippen LogP contribution >= 0.6 is 23.5 Å². The molecule has 2 heterocycles. The Kier molecular flexibility index (Phi) is 5.61. The van der Waals surface area contributed by atoms with Crippen LogP contribution in [0.4, 0.5) is 17.1 Å². The van der Waals surface area contributed by atoms with Crippen molar-refractivity contribution >= 4 is 51.7 Å². The number of nitro benzene ring substituents is 1. The highest BCUT2D eigenvalue weighted by Crippen LogP contribution is 2.50. The van der Waals surface area contributed by atoms with E-state index in [9.17, 15) is 14.9 Å². The summed E-state index contributed by atoms with van der Waals surface area (Å²) in [6.07, 6.45) is 0.629. The highest BCUT2D eigenvalue weighted by molar-refractivity contribution is 8.19. The summed E-state index contributed by atoms with van der Waals surface area (Å²) >= 11 is 3.06. The lowest BCUT2D eigenvalue weighted by molar-refractivity contribution is -0.384. The van der Waals surface area contributed by atoms with E-state index in [1.165, 1.54) is 11.8 Å². The Bertz CT molecular complexity index is 1510. The summed E-state index contributed by atoms with van der Waals surface area (Å²) < 4.78 is 0. The molecular formula is C27H22N4O3S2. The van der Waals surface area contributed by atoms with Crippen molar-refractivity contribution in [2.24, 2.45) is 4.99 Å². The largest absolute Gasteiger partial charge is 0.334 e. The molecule has 1 aliphatic carbocycles. The average molecular weight is 515 g/mol. The number of amides is 1. The molecule has 0 atom stereocenters. The first-order valence-corrected chi connectivity index (χ1v) is 13.4. The topological polar surface area (TPSA) is 79.0 Å². The van der Waals surface area contributed by atoms with Crippen LogP contribution in [0.5, 0.6) is 0 Å². The van der Waals surface area contributed by atoms with Crippen LogP contribution in [-0.4, -0.2) is 34.0 Å². The van der Waals surface area contributed by atoms with Crippen LogP contribution in [0.15, 0.2) is 80.5 Å². The summed E-state index contributed by atoms with van der Waals surface area (Å²) in [6.45, 7) is 5.36. The van der Waals surface area contributed by atoms with E-state index < -0.39 is 0 Å². The minimum atomic E-state index is -0.360. The van der Waals surface area contributed by atoms with E-state index in [1.54, 1.807) is 28.8 Å². The van der Waals surface area contributed by atoms with Gasteiger partial charge in [-0.15, -0.1) is 0 Å². The number of non-ortho nitro benzene ring substituents is 1. The van der Waals surface area contributed by atoms with Crippen molar-refractivity contribution in [2.45, 2.75) is 25.2 Å². The maximum Gasteiger partial charge on any atom is 0.269 e. The molecule has 0 aromatic heterocycles. The number of rotatable bonds is 4. The number of thioether (sulfide) groups is 2. The van der Waals surface area contributed by atoms with Crippen molar-refractivity contribution in [1.29, 1.82) is 0 Å². The fourth-order valence-electron chi connectivity index (χ4n) is 4.89. The minimum Gasteiger partial charge on any atom is -0.334 e. The van der Waals surface area contributed by atoms with Gasteiger partial charge in [-0.25, -0.2) is 4.99 Å². The van der Waals surface area contributed by atoms with Gasteiger partial charge >= 0.3 is 0 Å². The van der Waals surface area contributed by atoms with Gasteiger partial charge in [-0.3, -0.25) is 19.8 Å². The molecule has 0 N–H and O–H groups in total. The Balaban J connectivity index is 1.33. The molecule has 0 bridgehead atoms. The molecule has 0 spiro atoms. The summed E-state index contributed by atoms with van der Waals surface area (Å²) in [5.41, 5.74) is 6.15. The molecule has 0 saturated carbocycles. The van der Waals surface area contributed by atoms with Gasteiger partial charge in [0.1, 0.15) is 9.93 Å². The van der Waals surface area contributed by atoms with Crippen molar-refractivity contribution < 1.29 is 9.72 Å². The predicted octanol–water partition coefficient (Wildman–Crippen LogP) is 6.55. The molecule has 2 aliphatic heterocycles. The maximum absolute atomic E-state index is 13.4. The Morgan fingerprint density at radius 2 is 1.67 bits per heavy atom. The zero-order valence-corrected chi connectivity index (χ0v) is 21.4. The number of nitrogens with zero attached hydrogens (tertiary/aromatic N) is 4. The first-order valence-electron chi connectivity index (χ1n) is 11.8. The van der Waals surface area contributed by atoms with Gasteiger partial charge in [-0.1, -0.05) is 30.0 Å². The Morgan fingerprint density at radius 3 is 2.42 bits per heavy atom. The lowest BCUT2D eigenvalue weighted by Gasteiger charge is -2.19. The molecule has 3 aromatic carbocycles. The highest BCUT2D eigenvalue weighted by atomic mass is 32.2. The van der Waals surface area contributed by atoms with Crippen LogP contribution in [0.25, 0.3) is 11.1 Å². The number of anilines is 1. The van der Waals surface area contributed by atoms with E-state index in [0.29, 0.717) is 23.0 Å². The number of hydrogen-bond acceptors (Lipinski definition) is 7. The third-order valence-corrected chi connectivity index (χ3v) is 8.96. The van der Waals surface area contributed by atoms with Gasteiger partial charge in [-0.2, -0.15) is 0 Å². The predicted molar refractivity (Wildman–Crippen MR) is 146 cm³/mol. The first kappa shape index (κ1) is 22.9. The highest BCUT2D eigenvalue weighted by Gasteiger charge is 2.39. The van der Waals surface area contributed by atoms with Crippen LogP contribution in [0.3, 0.4) is 0 Å². The molecule has 0 unspecified atom stereocenters. The van der Waals surface area contributed by atoms with Crippen molar-refractivity contribution in [3.63, 3.8) is 0 Å². The van der Waals surface area contributed by atoms with E-state index in [4.69, 9.17) is 4.99 Å². The van der Waals surface area contributed by atoms with Crippen molar-refractivity contribution in [1.82, 2.24) is 4.90 Å². The Morgan fingerprint density at radius 1 is 0.944 bits per heavy atom. The molecular weight excluding hydrogens is 492 g/mol. The summed E-state index contributed by atoms with van der Waals surface area (Å²) in [5, 5.41) is 12.8. The maximum atomic E-state index is 13.4. The number of carbonyl (C=O) groups is 1. The van der Waals surface area contributed by atoms with Crippen LogP contribution in [0, 0.1) is 10.1 Å². The second-order valence-corrected chi connectivity index (χ2v) is 10.6. The third kappa shape index (κ3) is 3.61. The summed E-state index contributed by atoms with van der Waals surface area (Å²) in [5.74, 6) is -0.0177. The molecule has 180 valence electrons. The molecule has 3 aromatic rings. The van der Waals surface area contributed by atoms with E-state index in [-0.39, 0.29) is 16.5 Å². The number of fused-ring (bicyclic) bond motifs is 4. The Labute approximate surface area is 217 Å². The van der Waals surface area contributed by atoms with E-state index in [1.807, 2.05) is 43.3 Å². The zero-order valence-electron chi connectivity index (χ0n) is 19.7. The molecule has 1 fully saturated rings. The molecule has 6 rings (SSSR count). The lowest BCUT2D eigenvalue weighted by Crippen LogP contribution is -2.29. The quantitative estimate of drug-likeness (QED) is 0.175. The van der Waals surface area contributed by atoms with Crippen molar-refractivity contribution in [2.75, 3.05) is 18.0 Å². The van der Waals surface area contributed by atoms with Crippen molar-refractivity contribution in [3.8, 4) is 11.1 Å². The number of amidine groups is 1. The number of carbonyl (C=O) groups excluding carboxylic acids is 1. The van der Waals surface area contributed by atoms with Crippen LogP contribution in [0.1, 0.15) is 25.0 Å². The van der Waals surface area contributed by atoms with Gasteiger partial charge in [-0.05, 0) is 84.6 Å². The molecule has 1 saturated heterocycles. The summed E-state index contributed by atoms with van der Waals surface area (Å²) in [6, 6.07) is 19.2. The van der Waals surface area contributed by atoms with Crippen molar-refractivity contribution in [3.05, 3.63) is 91.8 Å². The van der Waals surface area contributed by atoms with Gasteiger partial charge in [0.15, 0.2) is 5.17 Å². The monoisotopic (exact) mass is 514 g/mol. The standard InChI is InChI=1S/C27H22N4O3S2/c1-3-29-22-7-5-6-8-23(22)35-26(29)24-25(32)30(4-2)27(36-24)28-18-9-11-20-16(14-18)13-17-15-19(31(33)34)10-12-21(17)20/h5-12,14-15H,3-4,13H2,1-2H3/b26-24-,28-27?. The molecule has 3 aliphatic rings. The minimum absolute atomic E-state index is 0.0177. The number of benzene rings is 3. The number of hydrogen-bond donors (Lipinski definition) is 0. The van der Waals surface area contributed by atoms with Crippen LogP contribution in [-0.2, 0) is 11.2 Å². The van der Waals surface area contributed by atoms with Gasteiger partial charge in [0.25, 0.3) is 11.6 Å². The van der Waals surface area contributed by atoms with E-state index in [2.05, 4.69) is 24.0 Å². The zero-order chi connectivity index (χ0) is 25.0. The van der Waals surface area contributed by atoms with Gasteiger partial charge in [0, 0.05) is 30.1 Å².